The summed E-state index contributed by atoms with van der Waals surface area (Å²) in [4.78, 5) is 4.30. The highest BCUT2D eigenvalue weighted by atomic mass is 35.5. The lowest BCUT2D eigenvalue weighted by Crippen LogP contribution is -2.19. The zero-order valence-electron chi connectivity index (χ0n) is 11.2. The molecule has 0 amide bonds. The number of benzene rings is 1. The van der Waals surface area contributed by atoms with E-state index in [1.807, 2.05) is 19.9 Å². The minimum Gasteiger partial charge on any atom is -0.454 e. The third-order valence-corrected chi connectivity index (χ3v) is 3.49. The van der Waals surface area contributed by atoms with Gasteiger partial charge in [-0.2, -0.15) is 5.10 Å². The Bertz CT molecular complexity index is 629. The van der Waals surface area contributed by atoms with Crippen LogP contribution in [0.15, 0.2) is 12.1 Å². The van der Waals surface area contributed by atoms with Gasteiger partial charge in [0.25, 0.3) is 0 Å². The second-order valence-electron chi connectivity index (χ2n) is 4.68. The summed E-state index contributed by atoms with van der Waals surface area (Å²) >= 11 is 6.23. The lowest BCUT2D eigenvalue weighted by atomic mass is 10.2. The maximum atomic E-state index is 6.23. The number of aryl methyl sites for hydroxylation is 1. The van der Waals surface area contributed by atoms with Crippen molar-refractivity contribution in [2.75, 3.05) is 6.79 Å². The van der Waals surface area contributed by atoms with Gasteiger partial charge in [-0.1, -0.05) is 11.6 Å². The topological polar surface area (TPSA) is 72.1 Å². The first-order chi connectivity index (χ1) is 9.63. The molecule has 7 heteroatoms. The molecule has 1 aromatic carbocycles. The van der Waals surface area contributed by atoms with Crippen LogP contribution in [-0.2, 0) is 6.54 Å². The maximum Gasteiger partial charge on any atom is 0.231 e. The number of rotatable bonds is 4. The van der Waals surface area contributed by atoms with Crippen molar-refractivity contribution in [3.05, 3.63) is 34.4 Å². The molecule has 1 aliphatic rings. The Morgan fingerprint density at radius 3 is 2.85 bits per heavy atom. The Hall–Kier alpha value is -1.79. The third kappa shape index (κ3) is 2.57. The molecule has 2 N–H and O–H groups in total. The van der Waals surface area contributed by atoms with Crippen molar-refractivity contribution in [1.29, 1.82) is 0 Å². The molecule has 0 bridgehead atoms. The van der Waals surface area contributed by atoms with E-state index in [1.54, 1.807) is 6.07 Å². The first-order valence-electron chi connectivity index (χ1n) is 6.34. The summed E-state index contributed by atoms with van der Waals surface area (Å²) in [6.07, 6.45) is 0. The number of halogens is 1. The fraction of sp³-hybridized carbons (Fsp3) is 0.385. The van der Waals surface area contributed by atoms with Crippen LogP contribution < -0.4 is 14.8 Å². The molecule has 1 atom stereocenters. The first-order valence-corrected chi connectivity index (χ1v) is 6.71. The van der Waals surface area contributed by atoms with E-state index in [0.29, 0.717) is 17.3 Å². The largest absolute Gasteiger partial charge is 0.454 e. The number of nitrogens with zero attached hydrogens (tertiary/aromatic N) is 2. The summed E-state index contributed by atoms with van der Waals surface area (Å²) in [5.74, 6) is 2.96. The van der Waals surface area contributed by atoms with E-state index in [0.717, 1.165) is 23.0 Å². The van der Waals surface area contributed by atoms with Crippen molar-refractivity contribution in [3.8, 4) is 11.5 Å². The fourth-order valence-electron chi connectivity index (χ4n) is 2.00. The summed E-state index contributed by atoms with van der Waals surface area (Å²) in [5.41, 5.74) is 0.954. The number of fused-ring (bicyclic) bond motifs is 1. The quantitative estimate of drug-likeness (QED) is 0.905. The average Bonchev–Trinajstić information content (AvgIpc) is 3.04. The van der Waals surface area contributed by atoms with Gasteiger partial charge in [0.15, 0.2) is 17.3 Å². The van der Waals surface area contributed by atoms with Crippen LogP contribution >= 0.6 is 11.6 Å². The number of H-pyrrole nitrogens is 1. The van der Waals surface area contributed by atoms with Crippen LogP contribution in [0.5, 0.6) is 11.5 Å². The highest BCUT2D eigenvalue weighted by molar-refractivity contribution is 6.31. The minimum absolute atomic E-state index is 0.0291. The van der Waals surface area contributed by atoms with Gasteiger partial charge in [0.2, 0.25) is 6.79 Å². The van der Waals surface area contributed by atoms with Crippen LogP contribution in [0.4, 0.5) is 0 Å². The fourth-order valence-corrected chi connectivity index (χ4v) is 2.22. The van der Waals surface area contributed by atoms with E-state index >= 15 is 0 Å². The van der Waals surface area contributed by atoms with Crippen LogP contribution in [0.2, 0.25) is 5.02 Å². The van der Waals surface area contributed by atoms with Gasteiger partial charge in [-0.25, -0.2) is 4.98 Å². The number of hydrogen-bond acceptors (Lipinski definition) is 5. The van der Waals surface area contributed by atoms with E-state index in [4.69, 9.17) is 21.1 Å². The molecule has 1 aromatic heterocycles. The van der Waals surface area contributed by atoms with Crippen LogP contribution in [0.25, 0.3) is 0 Å². The second-order valence-corrected chi connectivity index (χ2v) is 5.09. The van der Waals surface area contributed by atoms with Gasteiger partial charge in [-0.3, -0.25) is 5.10 Å². The van der Waals surface area contributed by atoms with Gasteiger partial charge in [0.1, 0.15) is 5.82 Å². The van der Waals surface area contributed by atoms with Crippen molar-refractivity contribution < 1.29 is 9.47 Å². The molecular weight excluding hydrogens is 280 g/mol. The molecule has 2 aromatic rings. The summed E-state index contributed by atoms with van der Waals surface area (Å²) in [6.45, 7) is 4.72. The number of nitrogens with one attached hydrogen (secondary N) is 2. The van der Waals surface area contributed by atoms with Crippen LogP contribution in [0.1, 0.15) is 30.2 Å². The molecule has 0 fully saturated rings. The second kappa shape index (κ2) is 5.30. The van der Waals surface area contributed by atoms with Gasteiger partial charge in [-0.15, -0.1) is 0 Å². The summed E-state index contributed by atoms with van der Waals surface area (Å²) in [6, 6.07) is 3.71. The molecule has 0 saturated heterocycles. The van der Waals surface area contributed by atoms with Crippen molar-refractivity contribution in [2.24, 2.45) is 0 Å². The van der Waals surface area contributed by atoms with Crippen LogP contribution in [0.3, 0.4) is 0 Å². The first kappa shape index (κ1) is 13.2. The van der Waals surface area contributed by atoms with E-state index in [2.05, 4.69) is 20.5 Å². The molecule has 6 nitrogen and oxygen atoms in total. The van der Waals surface area contributed by atoms with E-state index in [9.17, 15) is 0 Å². The molecule has 1 aliphatic heterocycles. The maximum absolute atomic E-state index is 6.23. The molecule has 0 radical (unpaired) electrons. The zero-order chi connectivity index (χ0) is 14.1. The Kier molecular flexibility index (Phi) is 3.50. The normalized spacial score (nSPS) is 14.6. The molecule has 0 spiro atoms. The number of aromatic amines is 1. The van der Waals surface area contributed by atoms with E-state index < -0.39 is 0 Å². The highest BCUT2D eigenvalue weighted by Crippen LogP contribution is 2.36. The molecule has 2 heterocycles. The van der Waals surface area contributed by atoms with Gasteiger partial charge >= 0.3 is 0 Å². The van der Waals surface area contributed by atoms with E-state index in [1.165, 1.54) is 0 Å². The van der Waals surface area contributed by atoms with Gasteiger partial charge in [-0.05, 0) is 25.5 Å². The lowest BCUT2D eigenvalue weighted by Gasteiger charge is -2.12. The molecule has 106 valence electrons. The smallest absolute Gasteiger partial charge is 0.231 e. The average molecular weight is 295 g/mol. The minimum atomic E-state index is 0.0291. The highest BCUT2D eigenvalue weighted by Gasteiger charge is 2.17. The molecular formula is C13H15ClN4O2. The number of hydrogen-bond donors (Lipinski definition) is 2. The molecule has 0 unspecified atom stereocenters. The zero-order valence-corrected chi connectivity index (χ0v) is 12.0. The van der Waals surface area contributed by atoms with Crippen molar-refractivity contribution in [3.63, 3.8) is 0 Å². The monoisotopic (exact) mass is 294 g/mol. The third-order valence-electron chi connectivity index (χ3n) is 3.14. The summed E-state index contributed by atoms with van der Waals surface area (Å²) < 4.78 is 10.6. The van der Waals surface area contributed by atoms with Crippen molar-refractivity contribution in [1.82, 2.24) is 20.5 Å². The molecule has 0 saturated carbocycles. The summed E-state index contributed by atoms with van der Waals surface area (Å²) in [7, 11) is 0. The van der Waals surface area contributed by atoms with Gasteiger partial charge in [0, 0.05) is 17.6 Å². The molecule has 3 rings (SSSR count). The Labute approximate surface area is 121 Å². The Morgan fingerprint density at radius 2 is 2.15 bits per heavy atom. The predicted octanol–water partition coefficient (Wildman–Crippen LogP) is 2.35. The molecule has 0 aliphatic carbocycles. The lowest BCUT2D eigenvalue weighted by molar-refractivity contribution is 0.174. The van der Waals surface area contributed by atoms with Crippen molar-refractivity contribution >= 4 is 11.6 Å². The number of ether oxygens (including phenoxy) is 2. The van der Waals surface area contributed by atoms with E-state index in [-0.39, 0.29) is 12.8 Å². The Balaban J connectivity index is 1.69. The predicted molar refractivity (Wildman–Crippen MR) is 73.9 cm³/mol. The van der Waals surface area contributed by atoms with Crippen LogP contribution in [0, 0.1) is 6.92 Å². The van der Waals surface area contributed by atoms with Crippen molar-refractivity contribution in [2.45, 2.75) is 26.4 Å². The van der Waals surface area contributed by atoms with Gasteiger partial charge < -0.3 is 14.8 Å². The standard InChI is InChI=1S/C13H15ClN4O2/c1-7(13-16-8(2)17-18-13)15-5-9-3-11-12(4-10(9)14)20-6-19-11/h3-4,7,15H,5-6H2,1-2H3,(H,16,17,18)/t7-/m0/s1. The number of aromatic nitrogens is 3. The Morgan fingerprint density at radius 1 is 1.40 bits per heavy atom. The van der Waals surface area contributed by atoms with Crippen LogP contribution in [-0.4, -0.2) is 22.0 Å². The molecule has 20 heavy (non-hydrogen) atoms. The van der Waals surface area contributed by atoms with Gasteiger partial charge in [0.05, 0.1) is 6.04 Å². The summed E-state index contributed by atoms with van der Waals surface area (Å²) in [5, 5.41) is 10.9. The SMILES string of the molecule is Cc1nc([C@H](C)NCc2cc3c(cc2Cl)OCO3)n[nH]1.